The summed E-state index contributed by atoms with van der Waals surface area (Å²) in [5, 5.41) is 11.5. The minimum absolute atomic E-state index is 0.120. The normalized spacial score (nSPS) is 9.88. The van der Waals surface area contributed by atoms with Gasteiger partial charge in [0.1, 0.15) is 0 Å². The van der Waals surface area contributed by atoms with Crippen LogP contribution in [0.25, 0.3) is 0 Å². The Bertz CT molecular complexity index is 418. The number of nitrogens with one attached hydrogen (secondary N) is 1. The van der Waals surface area contributed by atoms with Crippen LogP contribution in [0.15, 0.2) is 22.7 Å². The maximum Gasteiger partial charge on any atom is 0.335 e. The van der Waals surface area contributed by atoms with Gasteiger partial charge in [0.25, 0.3) is 0 Å². The summed E-state index contributed by atoms with van der Waals surface area (Å²) in [5.41, 5.74) is 0.633. The Morgan fingerprint density at radius 3 is 2.69 bits per heavy atom. The van der Waals surface area contributed by atoms with Crippen molar-refractivity contribution in [3.63, 3.8) is 0 Å². The zero-order valence-corrected chi connectivity index (χ0v) is 10.4. The highest BCUT2D eigenvalue weighted by Gasteiger charge is 2.09. The Morgan fingerprint density at radius 1 is 1.44 bits per heavy atom. The van der Waals surface area contributed by atoms with Gasteiger partial charge in [-0.05, 0) is 40.5 Å². The lowest BCUT2D eigenvalue weighted by atomic mass is 10.2. The minimum atomic E-state index is -1.02. The Labute approximate surface area is 102 Å². The number of anilines is 1. The molecule has 0 saturated carbocycles. The van der Waals surface area contributed by atoms with E-state index in [9.17, 15) is 9.59 Å². The molecule has 0 fully saturated rings. The average molecular weight is 286 g/mol. The second-order valence-corrected chi connectivity index (χ2v) is 4.15. The molecule has 0 aliphatic carbocycles. The molecule has 5 heteroatoms. The SMILES string of the molecule is CCCC(=O)Nc1cc(C(=O)O)ccc1Br. The summed E-state index contributed by atoms with van der Waals surface area (Å²) < 4.78 is 0.668. The molecule has 0 radical (unpaired) electrons. The lowest BCUT2D eigenvalue weighted by Gasteiger charge is -2.07. The van der Waals surface area contributed by atoms with Gasteiger partial charge in [-0.25, -0.2) is 4.79 Å². The fraction of sp³-hybridized carbons (Fsp3) is 0.273. The summed E-state index contributed by atoms with van der Waals surface area (Å²) >= 11 is 3.25. The number of aromatic carboxylic acids is 1. The van der Waals surface area contributed by atoms with Crippen LogP contribution in [-0.2, 0) is 4.79 Å². The van der Waals surface area contributed by atoms with Gasteiger partial charge in [-0.3, -0.25) is 4.79 Å². The van der Waals surface area contributed by atoms with E-state index in [1.807, 2.05) is 6.92 Å². The van der Waals surface area contributed by atoms with Crippen molar-refractivity contribution >= 4 is 33.5 Å². The van der Waals surface area contributed by atoms with Gasteiger partial charge < -0.3 is 10.4 Å². The van der Waals surface area contributed by atoms with Crippen molar-refractivity contribution in [1.29, 1.82) is 0 Å². The fourth-order valence-electron chi connectivity index (χ4n) is 1.19. The van der Waals surface area contributed by atoms with Crippen molar-refractivity contribution in [2.45, 2.75) is 19.8 Å². The van der Waals surface area contributed by atoms with E-state index in [4.69, 9.17) is 5.11 Å². The van der Waals surface area contributed by atoms with Gasteiger partial charge in [0, 0.05) is 10.9 Å². The van der Waals surface area contributed by atoms with Crippen LogP contribution < -0.4 is 5.32 Å². The van der Waals surface area contributed by atoms with E-state index < -0.39 is 5.97 Å². The molecule has 0 saturated heterocycles. The molecule has 1 aromatic carbocycles. The first kappa shape index (κ1) is 12.7. The van der Waals surface area contributed by atoms with Crippen LogP contribution >= 0.6 is 15.9 Å². The fourth-order valence-corrected chi connectivity index (χ4v) is 1.54. The van der Waals surface area contributed by atoms with E-state index in [0.29, 0.717) is 16.6 Å². The van der Waals surface area contributed by atoms with Crippen LogP contribution in [0, 0.1) is 0 Å². The molecule has 2 N–H and O–H groups in total. The molecule has 86 valence electrons. The number of carboxylic acids is 1. The topological polar surface area (TPSA) is 66.4 Å². The summed E-state index contributed by atoms with van der Waals surface area (Å²) in [6.07, 6.45) is 1.17. The molecule has 1 aromatic rings. The molecule has 0 aliphatic heterocycles. The molecule has 0 atom stereocenters. The number of halogens is 1. The molecule has 1 rings (SSSR count). The van der Waals surface area contributed by atoms with Crippen LogP contribution in [-0.4, -0.2) is 17.0 Å². The smallest absolute Gasteiger partial charge is 0.335 e. The van der Waals surface area contributed by atoms with E-state index >= 15 is 0 Å². The third-order valence-electron chi connectivity index (χ3n) is 1.96. The molecule has 0 aliphatic rings. The van der Waals surface area contributed by atoms with E-state index in [-0.39, 0.29) is 11.5 Å². The number of carbonyl (C=O) groups is 2. The molecule has 0 bridgehead atoms. The molecule has 0 heterocycles. The molecular formula is C11H12BrNO3. The zero-order valence-electron chi connectivity index (χ0n) is 8.79. The minimum Gasteiger partial charge on any atom is -0.478 e. The number of hydrogen-bond acceptors (Lipinski definition) is 2. The largest absolute Gasteiger partial charge is 0.478 e. The quantitative estimate of drug-likeness (QED) is 0.894. The van der Waals surface area contributed by atoms with Crippen LogP contribution in [0.1, 0.15) is 30.1 Å². The van der Waals surface area contributed by atoms with Gasteiger partial charge in [-0.15, -0.1) is 0 Å². The van der Waals surface area contributed by atoms with E-state index in [2.05, 4.69) is 21.2 Å². The number of rotatable bonds is 4. The predicted octanol–water partition coefficient (Wildman–Crippen LogP) is 2.89. The molecule has 0 unspecified atom stereocenters. The molecule has 4 nitrogen and oxygen atoms in total. The van der Waals surface area contributed by atoms with Gasteiger partial charge in [0.2, 0.25) is 5.91 Å². The Balaban J connectivity index is 2.90. The van der Waals surface area contributed by atoms with Crippen molar-refractivity contribution < 1.29 is 14.7 Å². The van der Waals surface area contributed by atoms with Crippen LogP contribution in [0.4, 0.5) is 5.69 Å². The van der Waals surface area contributed by atoms with Gasteiger partial charge in [-0.2, -0.15) is 0 Å². The summed E-state index contributed by atoms with van der Waals surface area (Å²) in [7, 11) is 0. The van der Waals surface area contributed by atoms with Crippen molar-refractivity contribution in [1.82, 2.24) is 0 Å². The van der Waals surface area contributed by atoms with Gasteiger partial charge in [0.15, 0.2) is 0 Å². The van der Waals surface area contributed by atoms with Crippen molar-refractivity contribution in [3.8, 4) is 0 Å². The van der Waals surface area contributed by atoms with Gasteiger partial charge in [-0.1, -0.05) is 6.92 Å². The number of hydrogen-bond donors (Lipinski definition) is 2. The maximum absolute atomic E-state index is 11.4. The second kappa shape index (κ2) is 5.65. The Hall–Kier alpha value is -1.36. The Kier molecular flexibility index (Phi) is 4.49. The van der Waals surface area contributed by atoms with E-state index in [0.717, 1.165) is 6.42 Å². The lowest BCUT2D eigenvalue weighted by Crippen LogP contribution is -2.11. The lowest BCUT2D eigenvalue weighted by molar-refractivity contribution is -0.116. The monoisotopic (exact) mass is 285 g/mol. The summed E-state index contributed by atoms with van der Waals surface area (Å²) in [6, 6.07) is 4.51. The third kappa shape index (κ3) is 3.34. The van der Waals surface area contributed by atoms with Crippen molar-refractivity contribution in [2.24, 2.45) is 0 Å². The van der Waals surface area contributed by atoms with E-state index in [1.165, 1.54) is 12.1 Å². The highest BCUT2D eigenvalue weighted by Crippen LogP contribution is 2.23. The standard InChI is InChI=1S/C11H12BrNO3/c1-2-3-10(14)13-9-6-7(11(15)16)4-5-8(9)12/h4-6H,2-3H2,1H3,(H,13,14)(H,15,16). The first-order valence-electron chi connectivity index (χ1n) is 4.87. The highest BCUT2D eigenvalue weighted by molar-refractivity contribution is 9.10. The predicted molar refractivity (Wildman–Crippen MR) is 64.6 cm³/mol. The van der Waals surface area contributed by atoms with Crippen molar-refractivity contribution in [2.75, 3.05) is 5.32 Å². The van der Waals surface area contributed by atoms with Crippen LogP contribution in [0.5, 0.6) is 0 Å². The molecule has 0 spiro atoms. The first-order chi connectivity index (χ1) is 7.54. The van der Waals surface area contributed by atoms with Gasteiger partial charge in [0.05, 0.1) is 11.3 Å². The summed E-state index contributed by atoms with van der Waals surface area (Å²) in [6.45, 7) is 1.91. The Morgan fingerprint density at radius 2 is 2.12 bits per heavy atom. The van der Waals surface area contributed by atoms with Gasteiger partial charge >= 0.3 is 5.97 Å². The second-order valence-electron chi connectivity index (χ2n) is 3.30. The molecule has 0 aromatic heterocycles. The number of benzene rings is 1. The first-order valence-corrected chi connectivity index (χ1v) is 5.66. The summed E-state index contributed by atoms with van der Waals surface area (Å²) in [5.74, 6) is -1.13. The zero-order chi connectivity index (χ0) is 12.1. The average Bonchev–Trinajstić information content (AvgIpc) is 2.21. The van der Waals surface area contributed by atoms with Crippen molar-refractivity contribution in [3.05, 3.63) is 28.2 Å². The summed E-state index contributed by atoms with van der Waals surface area (Å²) in [4.78, 5) is 22.1. The molecule has 1 amide bonds. The number of carboxylic acid groups (broad SMARTS) is 1. The van der Waals surface area contributed by atoms with Crippen LogP contribution in [0.3, 0.4) is 0 Å². The maximum atomic E-state index is 11.4. The number of carbonyl (C=O) groups excluding carboxylic acids is 1. The molecule has 16 heavy (non-hydrogen) atoms. The van der Waals surface area contributed by atoms with E-state index in [1.54, 1.807) is 6.07 Å². The number of amides is 1. The third-order valence-corrected chi connectivity index (χ3v) is 2.66. The highest BCUT2D eigenvalue weighted by atomic mass is 79.9. The van der Waals surface area contributed by atoms with Crippen LogP contribution in [0.2, 0.25) is 0 Å². The molecular weight excluding hydrogens is 274 g/mol.